The third-order valence-electron chi connectivity index (χ3n) is 5.41. The lowest BCUT2D eigenvalue weighted by Gasteiger charge is -2.33. The summed E-state index contributed by atoms with van der Waals surface area (Å²) < 4.78 is 2.03. The molecule has 1 aliphatic heterocycles. The molecule has 1 N–H and O–H groups in total. The van der Waals surface area contributed by atoms with E-state index in [4.69, 9.17) is 5.26 Å². The van der Waals surface area contributed by atoms with Crippen molar-refractivity contribution in [2.45, 2.75) is 38.8 Å². The molecule has 7 nitrogen and oxygen atoms in total. The number of nitriles is 1. The van der Waals surface area contributed by atoms with E-state index in [0.717, 1.165) is 18.1 Å². The SMILES string of the molecule is C[C@@H]1c2nc(CC(=O)NCC3CC3)cn2CCN1C(=O)c1cccc(C#N)c1. The highest BCUT2D eigenvalue weighted by Crippen LogP contribution is 2.28. The standard InChI is InChI=1S/C21H23N5O2/c1-14-20-24-18(10-19(27)23-12-15-5-6-15)13-25(20)7-8-26(14)21(28)17-4-2-3-16(9-17)11-22/h2-4,9,13-15H,5-8,10,12H2,1H3,(H,23,27)/t14-/m1/s1. The van der Waals surface area contributed by atoms with E-state index in [1.807, 2.05) is 17.7 Å². The van der Waals surface area contributed by atoms with Crippen molar-refractivity contribution in [2.75, 3.05) is 13.1 Å². The number of amides is 2. The molecule has 2 amide bonds. The van der Waals surface area contributed by atoms with Gasteiger partial charge in [-0.05, 0) is 43.9 Å². The Hall–Kier alpha value is -3.14. The van der Waals surface area contributed by atoms with Crippen molar-refractivity contribution in [1.29, 1.82) is 5.26 Å². The van der Waals surface area contributed by atoms with Crippen LogP contribution in [0.4, 0.5) is 0 Å². The summed E-state index contributed by atoms with van der Waals surface area (Å²) in [6.07, 6.45) is 4.59. The molecule has 2 aromatic rings. The molecule has 28 heavy (non-hydrogen) atoms. The molecule has 1 atom stereocenters. The Morgan fingerprint density at radius 3 is 2.89 bits per heavy atom. The molecular weight excluding hydrogens is 354 g/mol. The number of rotatable bonds is 5. The van der Waals surface area contributed by atoms with Crippen LogP contribution >= 0.6 is 0 Å². The minimum atomic E-state index is -0.199. The fourth-order valence-corrected chi connectivity index (χ4v) is 3.60. The molecule has 4 rings (SSSR count). The fourth-order valence-electron chi connectivity index (χ4n) is 3.60. The first-order chi connectivity index (χ1) is 13.5. The number of nitrogens with zero attached hydrogens (tertiary/aromatic N) is 4. The van der Waals surface area contributed by atoms with Crippen LogP contribution in [0.15, 0.2) is 30.5 Å². The van der Waals surface area contributed by atoms with Crippen LogP contribution in [0.25, 0.3) is 0 Å². The second kappa shape index (κ2) is 7.47. The van der Waals surface area contributed by atoms with E-state index in [2.05, 4.69) is 16.4 Å². The van der Waals surface area contributed by atoms with Crippen molar-refractivity contribution in [2.24, 2.45) is 5.92 Å². The molecule has 1 saturated carbocycles. The van der Waals surface area contributed by atoms with Gasteiger partial charge in [0.25, 0.3) is 5.91 Å². The van der Waals surface area contributed by atoms with Gasteiger partial charge < -0.3 is 14.8 Å². The Morgan fingerprint density at radius 1 is 1.32 bits per heavy atom. The van der Waals surface area contributed by atoms with E-state index in [1.54, 1.807) is 29.2 Å². The summed E-state index contributed by atoms with van der Waals surface area (Å²) in [5, 5.41) is 12.0. The summed E-state index contributed by atoms with van der Waals surface area (Å²) in [6.45, 7) is 3.90. The largest absolute Gasteiger partial charge is 0.355 e. The van der Waals surface area contributed by atoms with Gasteiger partial charge >= 0.3 is 0 Å². The normalized spacial score (nSPS) is 18.3. The molecule has 2 heterocycles. The van der Waals surface area contributed by atoms with E-state index in [0.29, 0.717) is 30.1 Å². The molecule has 1 aromatic heterocycles. The van der Waals surface area contributed by atoms with Crippen LogP contribution in [-0.2, 0) is 17.8 Å². The molecule has 0 saturated heterocycles. The van der Waals surface area contributed by atoms with Crippen LogP contribution in [0.1, 0.15) is 53.2 Å². The Morgan fingerprint density at radius 2 is 2.14 bits per heavy atom. The monoisotopic (exact) mass is 377 g/mol. The molecule has 2 aliphatic rings. The predicted molar refractivity (Wildman–Crippen MR) is 102 cm³/mol. The number of aromatic nitrogens is 2. The first-order valence-electron chi connectivity index (χ1n) is 9.69. The van der Waals surface area contributed by atoms with Crippen molar-refractivity contribution in [3.8, 4) is 6.07 Å². The molecule has 144 valence electrons. The van der Waals surface area contributed by atoms with Gasteiger partial charge in [-0.3, -0.25) is 9.59 Å². The first kappa shape index (κ1) is 18.2. The Balaban J connectivity index is 1.46. The number of carbonyl (C=O) groups is 2. The number of benzene rings is 1. The van der Waals surface area contributed by atoms with Gasteiger partial charge in [0.1, 0.15) is 5.82 Å². The second-order valence-corrected chi connectivity index (χ2v) is 7.58. The average molecular weight is 377 g/mol. The molecule has 1 aromatic carbocycles. The zero-order chi connectivity index (χ0) is 19.7. The molecule has 7 heteroatoms. The molecule has 0 bridgehead atoms. The summed E-state index contributed by atoms with van der Waals surface area (Å²) in [4.78, 5) is 31.5. The molecular formula is C21H23N5O2. The highest BCUT2D eigenvalue weighted by molar-refractivity contribution is 5.94. The highest BCUT2D eigenvalue weighted by Gasteiger charge is 2.30. The van der Waals surface area contributed by atoms with Crippen molar-refractivity contribution < 1.29 is 9.59 Å². The van der Waals surface area contributed by atoms with E-state index in [-0.39, 0.29) is 24.3 Å². The van der Waals surface area contributed by atoms with Gasteiger partial charge in [-0.15, -0.1) is 0 Å². The Bertz CT molecular complexity index is 954. The maximum Gasteiger partial charge on any atom is 0.254 e. The summed E-state index contributed by atoms with van der Waals surface area (Å²) in [7, 11) is 0. The van der Waals surface area contributed by atoms with Crippen molar-refractivity contribution in [3.05, 3.63) is 53.1 Å². The van der Waals surface area contributed by atoms with Gasteiger partial charge in [0.2, 0.25) is 5.91 Å². The van der Waals surface area contributed by atoms with Crippen LogP contribution in [0.5, 0.6) is 0 Å². The lowest BCUT2D eigenvalue weighted by atomic mass is 10.1. The number of nitrogens with one attached hydrogen (secondary N) is 1. The Labute approximate surface area is 164 Å². The summed E-state index contributed by atoms with van der Waals surface area (Å²) in [6, 6.07) is 8.62. The van der Waals surface area contributed by atoms with Crippen molar-refractivity contribution >= 4 is 11.8 Å². The average Bonchev–Trinajstić information content (AvgIpc) is 3.45. The van der Waals surface area contributed by atoms with E-state index >= 15 is 0 Å². The summed E-state index contributed by atoms with van der Waals surface area (Å²) >= 11 is 0. The quantitative estimate of drug-likeness (QED) is 0.863. The fraction of sp³-hybridized carbons (Fsp3) is 0.429. The van der Waals surface area contributed by atoms with E-state index in [9.17, 15) is 9.59 Å². The van der Waals surface area contributed by atoms with Crippen LogP contribution < -0.4 is 5.32 Å². The van der Waals surface area contributed by atoms with Crippen LogP contribution in [0, 0.1) is 17.2 Å². The third-order valence-corrected chi connectivity index (χ3v) is 5.41. The first-order valence-corrected chi connectivity index (χ1v) is 9.69. The maximum absolute atomic E-state index is 12.9. The molecule has 1 aliphatic carbocycles. The van der Waals surface area contributed by atoms with Gasteiger partial charge in [-0.1, -0.05) is 6.07 Å². The zero-order valence-electron chi connectivity index (χ0n) is 15.9. The predicted octanol–water partition coefficient (Wildman–Crippen LogP) is 2.04. The van der Waals surface area contributed by atoms with Crippen molar-refractivity contribution in [3.63, 3.8) is 0 Å². The van der Waals surface area contributed by atoms with Crippen LogP contribution in [0.3, 0.4) is 0 Å². The molecule has 0 unspecified atom stereocenters. The number of hydrogen-bond donors (Lipinski definition) is 1. The van der Waals surface area contributed by atoms with E-state index in [1.165, 1.54) is 12.8 Å². The van der Waals surface area contributed by atoms with Gasteiger partial charge in [-0.25, -0.2) is 4.98 Å². The molecule has 1 fully saturated rings. The topological polar surface area (TPSA) is 91.0 Å². The minimum Gasteiger partial charge on any atom is -0.355 e. The lowest BCUT2D eigenvalue weighted by molar-refractivity contribution is -0.120. The van der Waals surface area contributed by atoms with Gasteiger partial charge in [-0.2, -0.15) is 5.26 Å². The van der Waals surface area contributed by atoms with Gasteiger partial charge in [0.15, 0.2) is 0 Å². The molecule has 0 spiro atoms. The highest BCUT2D eigenvalue weighted by atomic mass is 16.2. The third kappa shape index (κ3) is 3.77. The number of hydrogen-bond acceptors (Lipinski definition) is 4. The zero-order valence-corrected chi connectivity index (χ0v) is 15.9. The van der Waals surface area contributed by atoms with Crippen LogP contribution in [-0.4, -0.2) is 39.4 Å². The minimum absolute atomic E-state index is 0.00347. The number of imidazole rings is 1. The number of fused-ring (bicyclic) bond motifs is 1. The maximum atomic E-state index is 12.9. The molecule has 0 radical (unpaired) electrons. The lowest BCUT2D eigenvalue weighted by Crippen LogP contribution is -2.41. The smallest absolute Gasteiger partial charge is 0.254 e. The summed E-state index contributed by atoms with van der Waals surface area (Å²) in [5.74, 6) is 1.33. The van der Waals surface area contributed by atoms with Crippen molar-refractivity contribution in [1.82, 2.24) is 19.8 Å². The Kier molecular flexibility index (Phi) is 4.86. The van der Waals surface area contributed by atoms with Crippen LogP contribution in [0.2, 0.25) is 0 Å². The van der Waals surface area contributed by atoms with E-state index < -0.39 is 0 Å². The number of carbonyl (C=O) groups excluding carboxylic acids is 2. The van der Waals surface area contributed by atoms with Gasteiger partial charge in [0.05, 0.1) is 29.8 Å². The second-order valence-electron chi connectivity index (χ2n) is 7.58. The van der Waals surface area contributed by atoms with Gasteiger partial charge in [0, 0.05) is 31.4 Å². The summed E-state index contributed by atoms with van der Waals surface area (Å²) in [5.41, 5.74) is 1.71.